The van der Waals surface area contributed by atoms with E-state index in [1.165, 1.54) is 12.1 Å². The lowest BCUT2D eigenvalue weighted by molar-refractivity contribution is 0.0752. The van der Waals surface area contributed by atoms with Gasteiger partial charge in [-0.05, 0) is 31.2 Å². The average molecular weight is 424 g/mol. The Bertz CT molecular complexity index is 932. The van der Waals surface area contributed by atoms with Crippen LogP contribution in [-0.4, -0.2) is 46.4 Å². The lowest BCUT2D eigenvalue weighted by Gasteiger charge is -2.25. The van der Waals surface area contributed by atoms with Crippen LogP contribution in [0.1, 0.15) is 22.8 Å². The van der Waals surface area contributed by atoms with Crippen molar-refractivity contribution in [3.05, 3.63) is 64.4 Å². The molecular formula is C19H19ClFN3O3S. The Morgan fingerprint density at radius 1 is 1.25 bits per heavy atom. The lowest BCUT2D eigenvalue weighted by Crippen LogP contribution is -2.37. The van der Waals surface area contributed by atoms with Crippen LogP contribution in [0.4, 0.5) is 4.39 Å². The highest BCUT2D eigenvalue weighted by molar-refractivity contribution is 7.82. The van der Waals surface area contributed by atoms with Crippen LogP contribution in [0.25, 0.3) is 0 Å². The molecule has 1 atom stereocenters. The molecule has 148 valence electrons. The van der Waals surface area contributed by atoms with E-state index in [0.29, 0.717) is 36.8 Å². The van der Waals surface area contributed by atoms with Crippen LogP contribution >= 0.6 is 11.6 Å². The maximum atomic E-state index is 14.0. The van der Waals surface area contributed by atoms with Gasteiger partial charge in [-0.1, -0.05) is 29.8 Å². The molecule has 0 saturated carbocycles. The molecule has 1 fully saturated rings. The zero-order valence-electron chi connectivity index (χ0n) is 15.2. The summed E-state index contributed by atoms with van der Waals surface area (Å²) in [4.78, 5) is 12.9. The summed E-state index contributed by atoms with van der Waals surface area (Å²) in [6.45, 7) is 3.76. The van der Waals surface area contributed by atoms with E-state index in [0.717, 1.165) is 0 Å². The first-order valence-electron chi connectivity index (χ1n) is 8.61. The number of hydrogen-bond donors (Lipinski definition) is 1. The Hall–Kier alpha value is -2.13. The first-order valence-corrected chi connectivity index (χ1v) is 10.1. The fraction of sp³-hybridized carbons (Fsp3) is 0.263. The summed E-state index contributed by atoms with van der Waals surface area (Å²) in [6.07, 6.45) is 0. The Labute approximate surface area is 169 Å². The summed E-state index contributed by atoms with van der Waals surface area (Å²) in [5.74, 6) is -1.08. The molecule has 1 saturated heterocycles. The number of morpholine rings is 1. The molecule has 1 amide bonds. The topological polar surface area (TPSA) is 71.0 Å². The summed E-state index contributed by atoms with van der Waals surface area (Å²) in [5.41, 5.74) is 3.19. The summed E-state index contributed by atoms with van der Waals surface area (Å²) < 4.78 is 33.8. The smallest absolute Gasteiger partial charge is 0.271 e. The van der Waals surface area contributed by atoms with Gasteiger partial charge in [-0.15, -0.1) is 0 Å². The molecule has 1 aliphatic rings. The van der Waals surface area contributed by atoms with Gasteiger partial charge in [0.05, 0.1) is 28.8 Å². The molecule has 0 aromatic heterocycles. The summed E-state index contributed by atoms with van der Waals surface area (Å²) >= 11 is 5.77. The van der Waals surface area contributed by atoms with E-state index in [-0.39, 0.29) is 16.3 Å². The van der Waals surface area contributed by atoms with Gasteiger partial charge in [-0.3, -0.25) is 4.79 Å². The molecule has 0 bridgehead atoms. The summed E-state index contributed by atoms with van der Waals surface area (Å²) in [5, 5.41) is 3.94. The molecule has 3 rings (SSSR count). The van der Waals surface area contributed by atoms with Crippen LogP contribution in [0.3, 0.4) is 0 Å². The van der Waals surface area contributed by atoms with Crippen molar-refractivity contribution < 1.29 is 18.1 Å². The van der Waals surface area contributed by atoms with Gasteiger partial charge in [0.15, 0.2) is 5.82 Å². The molecule has 1 aliphatic heterocycles. The van der Waals surface area contributed by atoms with Crippen molar-refractivity contribution in [1.29, 1.82) is 0 Å². The van der Waals surface area contributed by atoms with Gasteiger partial charge >= 0.3 is 0 Å². The van der Waals surface area contributed by atoms with Crippen molar-refractivity contribution in [2.45, 2.75) is 11.8 Å². The standard InChI is InChI=1S/C19H19ClFN3O3S/c1-13(16-6-3-7-17(20)18(16)21)22-23-19(25)14-4-2-5-15(12-14)28(26)24-8-10-27-11-9-24/h2-7,12H,8-11H2,1H3,(H,23,25)/b22-13+. The molecule has 1 heterocycles. The first-order chi connectivity index (χ1) is 13.5. The number of ether oxygens (including phenoxy) is 1. The van der Waals surface area contributed by atoms with E-state index in [4.69, 9.17) is 16.3 Å². The molecule has 1 unspecified atom stereocenters. The predicted molar refractivity (Wildman–Crippen MR) is 106 cm³/mol. The molecule has 9 heteroatoms. The number of hydrogen-bond acceptors (Lipinski definition) is 4. The maximum Gasteiger partial charge on any atom is 0.271 e. The highest BCUT2D eigenvalue weighted by Gasteiger charge is 2.19. The Balaban J connectivity index is 1.72. The van der Waals surface area contributed by atoms with Crippen molar-refractivity contribution >= 4 is 34.2 Å². The molecule has 2 aromatic rings. The monoisotopic (exact) mass is 423 g/mol. The molecule has 0 aliphatic carbocycles. The van der Waals surface area contributed by atoms with Crippen LogP contribution in [0.2, 0.25) is 5.02 Å². The lowest BCUT2D eigenvalue weighted by atomic mass is 10.1. The average Bonchev–Trinajstić information content (AvgIpc) is 2.74. The van der Waals surface area contributed by atoms with Gasteiger partial charge in [0.2, 0.25) is 0 Å². The number of nitrogens with one attached hydrogen (secondary N) is 1. The van der Waals surface area contributed by atoms with Crippen molar-refractivity contribution in [2.75, 3.05) is 26.3 Å². The van der Waals surface area contributed by atoms with Crippen molar-refractivity contribution in [3.8, 4) is 0 Å². The Morgan fingerprint density at radius 2 is 1.96 bits per heavy atom. The third-order valence-electron chi connectivity index (χ3n) is 4.17. The van der Waals surface area contributed by atoms with E-state index < -0.39 is 22.7 Å². The summed E-state index contributed by atoms with van der Waals surface area (Å²) in [7, 11) is -1.37. The van der Waals surface area contributed by atoms with Crippen molar-refractivity contribution in [3.63, 3.8) is 0 Å². The zero-order chi connectivity index (χ0) is 20.1. The van der Waals surface area contributed by atoms with Gasteiger partial charge in [0.1, 0.15) is 11.0 Å². The first kappa shape index (κ1) is 20.6. The Kier molecular flexibility index (Phi) is 6.90. The zero-order valence-corrected chi connectivity index (χ0v) is 16.7. The predicted octanol–water partition coefficient (Wildman–Crippen LogP) is 2.99. The molecule has 0 spiro atoms. The SMILES string of the molecule is C/C(=N\NC(=O)c1cccc(S(=O)N2CCOCC2)c1)c1cccc(Cl)c1F. The summed E-state index contributed by atoms with van der Waals surface area (Å²) in [6, 6.07) is 11.1. The van der Waals surface area contributed by atoms with Crippen LogP contribution in [-0.2, 0) is 15.7 Å². The third-order valence-corrected chi connectivity index (χ3v) is 5.95. The number of halogens is 2. The minimum absolute atomic E-state index is 0.0170. The minimum atomic E-state index is -1.37. The number of rotatable bonds is 5. The fourth-order valence-electron chi connectivity index (χ4n) is 2.65. The van der Waals surface area contributed by atoms with E-state index in [1.54, 1.807) is 41.6 Å². The highest BCUT2D eigenvalue weighted by atomic mass is 35.5. The van der Waals surface area contributed by atoms with Gasteiger partial charge in [-0.2, -0.15) is 5.10 Å². The van der Waals surface area contributed by atoms with E-state index in [9.17, 15) is 13.4 Å². The van der Waals surface area contributed by atoms with Crippen LogP contribution in [0.15, 0.2) is 52.5 Å². The van der Waals surface area contributed by atoms with Gasteiger partial charge in [0.25, 0.3) is 5.91 Å². The second-order valence-corrected chi connectivity index (χ2v) is 7.95. The number of nitrogens with zero attached hydrogens (tertiary/aromatic N) is 2. The fourth-order valence-corrected chi connectivity index (χ4v) is 4.03. The number of hydrazone groups is 1. The largest absolute Gasteiger partial charge is 0.379 e. The van der Waals surface area contributed by atoms with E-state index >= 15 is 0 Å². The van der Waals surface area contributed by atoms with Gasteiger partial charge in [-0.25, -0.2) is 18.3 Å². The van der Waals surface area contributed by atoms with E-state index in [2.05, 4.69) is 10.5 Å². The highest BCUT2D eigenvalue weighted by Crippen LogP contribution is 2.18. The molecule has 2 aromatic carbocycles. The van der Waals surface area contributed by atoms with Crippen LogP contribution < -0.4 is 5.43 Å². The maximum absolute atomic E-state index is 14.0. The van der Waals surface area contributed by atoms with Crippen molar-refractivity contribution in [1.82, 2.24) is 9.73 Å². The normalized spacial score (nSPS) is 16.6. The molecule has 1 N–H and O–H groups in total. The van der Waals surface area contributed by atoms with Crippen LogP contribution in [0, 0.1) is 5.82 Å². The van der Waals surface area contributed by atoms with Gasteiger partial charge < -0.3 is 4.74 Å². The number of amides is 1. The number of carbonyl (C=O) groups is 1. The second-order valence-electron chi connectivity index (χ2n) is 6.06. The molecule has 0 radical (unpaired) electrons. The molecular weight excluding hydrogens is 405 g/mol. The third kappa shape index (κ3) is 4.82. The number of carbonyl (C=O) groups excluding carboxylic acids is 1. The van der Waals surface area contributed by atoms with Crippen LogP contribution in [0.5, 0.6) is 0 Å². The quantitative estimate of drug-likeness (QED) is 0.593. The molecule has 28 heavy (non-hydrogen) atoms. The molecule has 6 nitrogen and oxygen atoms in total. The van der Waals surface area contributed by atoms with Gasteiger partial charge in [0, 0.05) is 24.2 Å². The minimum Gasteiger partial charge on any atom is -0.379 e. The van der Waals surface area contributed by atoms with E-state index in [1.807, 2.05) is 0 Å². The Morgan fingerprint density at radius 3 is 2.71 bits per heavy atom. The number of benzene rings is 2. The van der Waals surface area contributed by atoms with Crippen molar-refractivity contribution in [2.24, 2.45) is 5.10 Å². The second kappa shape index (κ2) is 9.38.